The minimum Gasteiger partial charge on any atom is -0.363 e. The van der Waals surface area contributed by atoms with Crippen LogP contribution in [-0.2, 0) is 16.3 Å². The van der Waals surface area contributed by atoms with Gasteiger partial charge in [0, 0.05) is 42.8 Å². The number of alkyl halides is 2. The minimum atomic E-state index is -2.95. The number of hydrogen-bond acceptors (Lipinski definition) is 4. The molecule has 0 amide bonds. The summed E-state index contributed by atoms with van der Waals surface area (Å²) in [5, 5.41) is 0. The van der Waals surface area contributed by atoms with E-state index in [1.807, 2.05) is 13.8 Å². The van der Waals surface area contributed by atoms with E-state index in [0.29, 0.717) is 22.1 Å². The number of benzene rings is 1. The van der Waals surface area contributed by atoms with Crippen LogP contribution in [0.3, 0.4) is 0 Å². The van der Waals surface area contributed by atoms with Gasteiger partial charge < -0.3 is 4.74 Å². The zero-order valence-corrected chi connectivity index (χ0v) is 21.6. The van der Waals surface area contributed by atoms with E-state index in [1.165, 1.54) is 34.1 Å². The van der Waals surface area contributed by atoms with E-state index in [1.54, 1.807) is 7.05 Å². The second-order valence-corrected chi connectivity index (χ2v) is 10.4. The largest absolute Gasteiger partial charge is 0.363 e. The van der Waals surface area contributed by atoms with Gasteiger partial charge in [0.15, 0.2) is 0 Å². The molecule has 7 heteroatoms. The highest BCUT2D eigenvalue weighted by atomic mass is 35.5. The molecule has 33 heavy (non-hydrogen) atoms. The first-order valence-electron chi connectivity index (χ1n) is 11.3. The van der Waals surface area contributed by atoms with Crippen molar-refractivity contribution >= 4 is 28.6 Å². The van der Waals surface area contributed by atoms with E-state index in [9.17, 15) is 8.78 Å². The molecule has 0 atom stereocenters. The van der Waals surface area contributed by atoms with Crippen molar-refractivity contribution in [3.05, 3.63) is 67.9 Å². The fourth-order valence-corrected chi connectivity index (χ4v) is 5.73. The van der Waals surface area contributed by atoms with Crippen LogP contribution < -0.4 is 0 Å². The molecule has 0 N–H and O–H groups in total. The third-order valence-electron chi connectivity index (χ3n) is 6.67. The van der Waals surface area contributed by atoms with Crippen LogP contribution in [0.1, 0.15) is 48.3 Å². The molecule has 1 fully saturated rings. The van der Waals surface area contributed by atoms with Crippen LogP contribution in [0.4, 0.5) is 8.78 Å². The van der Waals surface area contributed by atoms with Crippen LogP contribution in [0.2, 0.25) is 4.34 Å². The summed E-state index contributed by atoms with van der Waals surface area (Å²) < 4.78 is 34.5. The molecule has 1 spiro atoms. The number of hydrogen-bond donors (Lipinski definition) is 0. The van der Waals surface area contributed by atoms with Gasteiger partial charge in [-0.25, -0.2) is 0 Å². The van der Waals surface area contributed by atoms with E-state index in [4.69, 9.17) is 16.3 Å². The summed E-state index contributed by atoms with van der Waals surface area (Å²) in [6, 6.07) is 9.77. The predicted octanol–water partition coefficient (Wildman–Crippen LogP) is 7.16. The second-order valence-electron chi connectivity index (χ2n) is 8.76. The fraction of sp³-hybridized carbons (Fsp3) is 0.500. The van der Waals surface area contributed by atoms with E-state index in [-0.39, 0.29) is 5.56 Å². The second kappa shape index (κ2) is 10.8. The molecule has 0 saturated carbocycles. The van der Waals surface area contributed by atoms with Crippen LogP contribution in [0, 0.1) is 13.8 Å². The van der Waals surface area contributed by atoms with Gasteiger partial charge in [-0.3, -0.25) is 9.89 Å². The Morgan fingerprint density at radius 3 is 2.33 bits per heavy atom. The van der Waals surface area contributed by atoms with Crippen LogP contribution in [-0.4, -0.2) is 43.9 Å². The summed E-state index contributed by atoms with van der Waals surface area (Å²) in [5.74, 6) is -2.95. The molecule has 3 nitrogen and oxygen atoms in total. The van der Waals surface area contributed by atoms with Crippen molar-refractivity contribution < 1.29 is 13.5 Å². The van der Waals surface area contributed by atoms with Gasteiger partial charge >= 0.3 is 0 Å². The number of rotatable bonds is 3. The fourth-order valence-electron chi connectivity index (χ4n) is 4.25. The summed E-state index contributed by atoms with van der Waals surface area (Å²) in [6.45, 7) is 10.1. The molecule has 0 unspecified atom stereocenters. The molecule has 2 aliphatic heterocycles. The Kier molecular flexibility index (Phi) is 8.49. The molecule has 2 aromatic rings. The molecule has 0 aliphatic carbocycles. The predicted molar refractivity (Wildman–Crippen MR) is 135 cm³/mol. The molecule has 0 radical (unpaired) electrons. The van der Waals surface area contributed by atoms with Crippen molar-refractivity contribution in [3.8, 4) is 0 Å². The Hall–Kier alpha value is -1.60. The summed E-state index contributed by atoms with van der Waals surface area (Å²) in [6.07, 6.45) is 3.49. The zero-order valence-electron chi connectivity index (χ0n) is 20.1. The third-order valence-corrected chi connectivity index (χ3v) is 8.12. The van der Waals surface area contributed by atoms with Crippen molar-refractivity contribution in [3.63, 3.8) is 0 Å². The molecule has 2 aliphatic rings. The first-order valence-corrected chi connectivity index (χ1v) is 12.5. The van der Waals surface area contributed by atoms with Crippen LogP contribution in [0.5, 0.6) is 0 Å². The maximum absolute atomic E-state index is 14.2. The molecule has 1 aromatic heterocycles. The number of fused-ring (bicyclic) bond motifs is 2. The van der Waals surface area contributed by atoms with Gasteiger partial charge in [0.2, 0.25) is 0 Å². The number of ether oxygens (including phenoxy) is 1. The van der Waals surface area contributed by atoms with Crippen molar-refractivity contribution in [2.75, 3.05) is 33.3 Å². The van der Waals surface area contributed by atoms with Gasteiger partial charge in [-0.2, -0.15) is 8.78 Å². The smallest absolute Gasteiger partial charge is 0.297 e. The van der Waals surface area contributed by atoms with Crippen LogP contribution >= 0.6 is 22.9 Å². The van der Waals surface area contributed by atoms with Gasteiger partial charge in [0.25, 0.3) is 5.92 Å². The Morgan fingerprint density at radius 2 is 1.82 bits per heavy atom. The highest BCUT2D eigenvalue weighted by molar-refractivity contribution is 7.16. The summed E-state index contributed by atoms with van der Waals surface area (Å²) >= 11 is 7.28. The normalized spacial score (nSPS) is 20.2. The maximum atomic E-state index is 14.2. The van der Waals surface area contributed by atoms with E-state index in [2.05, 4.69) is 54.1 Å². The first-order chi connectivity index (χ1) is 15.6. The lowest BCUT2D eigenvalue weighted by Gasteiger charge is -2.45. The molecule has 1 aromatic carbocycles. The van der Waals surface area contributed by atoms with Gasteiger partial charge in [0.1, 0.15) is 12.2 Å². The lowest BCUT2D eigenvalue weighted by Crippen LogP contribution is -2.49. The number of piperidine rings is 1. The monoisotopic (exact) mass is 494 g/mol. The SMILES string of the molecule is C/C=C(/CN1CCC2(CC1)OCC(F)(F)c1cc(Cl)sc12)C(C)=NC.Cc1ccccc1C. The number of nitrogens with zero attached hydrogens (tertiary/aromatic N) is 2. The Bertz CT molecular complexity index is 1000. The average molecular weight is 495 g/mol. The van der Waals surface area contributed by atoms with Crippen LogP contribution in [0.15, 0.2) is 47.0 Å². The van der Waals surface area contributed by atoms with Gasteiger partial charge in [0.05, 0.1) is 4.34 Å². The Labute approximate surface area is 205 Å². The van der Waals surface area contributed by atoms with Gasteiger partial charge in [-0.05, 0) is 63.3 Å². The molecular formula is C26H33ClF2N2OS. The lowest BCUT2D eigenvalue weighted by atomic mass is 9.84. The quantitative estimate of drug-likeness (QED) is 0.423. The number of halogens is 3. The van der Waals surface area contributed by atoms with Crippen LogP contribution in [0.25, 0.3) is 0 Å². The van der Waals surface area contributed by atoms with Gasteiger partial charge in [-0.15, -0.1) is 11.3 Å². The first kappa shape index (κ1) is 26.0. The van der Waals surface area contributed by atoms with Crippen molar-refractivity contribution in [1.29, 1.82) is 0 Å². The summed E-state index contributed by atoms with van der Waals surface area (Å²) in [7, 11) is 1.79. The minimum absolute atomic E-state index is 0.0605. The molecular weight excluding hydrogens is 462 g/mol. The lowest BCUT2D eigenvalue weighted by molar-refractivity contribution is -0.181. The highest BCUT2D eigenvalue weighted by Gasteiger charge is 2.51. The molecule has 3 heterocycles. The summed E-state index contributed by atoms with van der Waals surface area (Å²) in [4.78, 5) is 7.21. The molecule has 0 bridgehead atoms. The zero-order chi connectivity index (χ0) is 24.2. The Morgan fingerprint density at radius 1 is 1.21 bits per heavy atom. The standard InChI is InChI=1S/C18H23ClF2N2OS.C8H10/c1-4-13(12(2)22-3)10-23-7-5-17(6-8-23)16-14(9-15(19)25-16)18(20,21)11-24-17;1-7-5-3-4-6-8(7)2/h4,9H,5-8,10-11H2,1-3H3;3-6H,1-2H3/b13-4-,22-12?;. The molecule has 180 valence electrons. The maximum Gasteiger partial charge on any atom is 0.297 e. The average Bonchev–Trinajstić information content (AvgIpc) is 3.22. The van der Waals surface area contributed by atoms with Crippen molar-refractivity contribution in [2.45, 2.75) is 52.1 Å². The van der Waals surface area contributed by atoms with Crippen molar-refractivity contribution in [1.82, 2.24) is 4.90 Å². The molecule has 1 saturated heterocycles. The number of aliphatic imine (C=N–C) groups is 1. The van der Waals surface area contributed by atoms with Gasteiger partial charge in [-0.1, -0.05) is 41.9 Å². The van der Waals surface area contributed by atoms with E-state index < -0.39 is 18.1 Å². The van der Waals surface area contributed by atoms with E-state index >= 15 is 0 Å². The Balaban J connectivity index is 0.000000323. The molecule has 4 rings (SSSR count). The highest BCUT2D eigenvalue weighted by Crippen LogP contribution is 2.52. The summed E-state index contributed by atoms with van der Waals surface area (Å²) in [5.41, 5.74) is 4.42. The third kappa shape index (κ3) is 5.91. The number of allylic oxidation sites excluding steroid dienone is 1. The number of likely N-dealkylation sites (tertiary alicyclic amines) is 1. The van der Waals surface area contributed by atoms with Crippen molar-refractivity contribution in [2.24, 2.45) is 4.99 Å². The number of thiophene rings is 1. The topological polar surface area (TPSA) is 24.8 Å². The number of aryl methyl sites for hydroxylation is 2. The van der Waals surface area contributed by atoms with E-state index in [0.717, 1.165) is 25.3 Å².